The van der Waals surface area contributed by atoms with Crippen molar-refractivity contribution in [1.29, 1.82) is 0 Å². The molecule has 1 heterocycles. The molecule has 0 saturated heterocycles. The van der Waals surface area contributed by atoms with Crippen LogP contribution in [0.5, 0.6) is 0 Å². The highest BCUT2D eigenvalue weighted by atomic mass is 15.2. The maximum absolute atomic E-state index is 5.47. The Morgan fingerprint density at radius 1 is 1.41 bits per heavy atom. The van der Waals surface area contributed by atoms with Crippen molar-refractivity contribution in [3.8, 4) is 12.3 Å². The lowest BCUT2D eigenvalue weighted by molar-refractivity contribution is 0.369. The molecule has 0 fully saturated rings. The molecule has 0 bridgehead atoms. The van der Waals surface area contributed by atoms with Crippen molar-refractivity contribution in [2.75, 3.05) is 6.54 Å². The highest BCUT2D eigenvalue weighted by Crippen LogP contribution is 2.27. The first-order valence-electron chi connectivity index (χ1n) is 7.72. The lowest BCUT2D eigenvalue weighted by Gasteiger charge is -2.34. The average molecular weight is 292 g/mol. The molecule has 1 unspecified atom stereocenters. The lowest BCUT2D eigenvalue weighted by atomic mass is 9.99. The van der Waals surface area contributed by atoms with E-state index in [1.165, 1.54) is 5.56 Å². The zero-order valence-corrected chi connectivity index (χ0v) is 14.0. The second kappa shape index (κ2) is 6.66. The van der Waals surface area contributed by atoms with Gasteiger partial charge in [0, 0.05) is 17.7 Å². The molecule has 22 heavy (non-hydrogen) atoms. The number of amidine groups is 1. The molecule has 0 aliphatic carbocycles. The third-order valence-electron chi connectivity index (χ3n) is 3.98. The number of rotatable bonds is 4. The summed E-state index contributed by atoms with van der Waals surface area (Å²) in [7, 11) is 0. The summed E-state index contributed by atoms with van der Waals surface area (Å²) in [6.07, 6.45) is 8.77. The first-order chi connectivity index (χ1) is 10.5. The van der Waals surface area contributed by atoms with Gasteiger partial charge in [0.15, 0.2) is 0 Å². The van der Waals surface area contributed by atoms with Gasteiger partial charge in [0.25, 0.3) is 0 Å². The second-order valence-electron chi connectivity index (χ2n) is 5.95. The summed E-state index contributed by atoms with van der Waals surface area (Å²) in [5.74, 6) is 3.73. The van der Waals surface area contributed by atoms with Crippen LogP contribution in [0.1, 0.15) is 43.9 Å². The quantitative estimate of drug-likeness (QED) is 0.593. The monoisotopic (exact) mass is 292 g/mol. The van der Waals surface area contributed by atoms with Crippen molar-refractivity contribution in [2.45, 2.75) is 40.2 Å². The van der Waals surface area contributed by atoms with Gasteiger partial charge in [-0.3, -0.25) is 0 Å². The van der Waals surface area contributed by atoms with Crippen LogP contribution >= 0.6 is 0 Å². The number of hydrogen-bond acceptors (Lipinski definition) is 2. The van der Waals surface area contributed by atoms with Crippen molar-refractivity contribution in [2.24, 2.45) is 4.99 Å². The molecule has 2 heteroatoms. The summed E-state index contributed by atoms with van der Waals surface area (Å²) >= 11 is 0. The van der Waals surface area contributed by atoms with Gasteiger partial charge in [-0.15, -0.1) is 6.42 Å². The molecule has 1 aromatic carbocycles. The van der Waals surface area contributed by atoms with E-state index in [1.807, 2.05) is 12.1 Å². The van der Waals surface area contributed by atoms with Gasteiger partial charge in [0.05, 0.1) is 11.7 Å². The van der Waals surface area contributed by atoms with E-state index in [9.17, 15) is 0 Å². The predicted molar refractivity (Wildman–Crippen MR) is 95.8 cm³/mol. The Kier molecular flexibility index (Phi) is 4.88. The van der Waals surface area contributed by atoms with E-state index in [0.717, 1.165) is 41.2 Å². The highest BCUT2D eigenvalue weighted by Gasteiger charge is 2.22. The largest absolute Gasteiger partial charge is 0.350 e. The molecule has 0 radical (unpaired) electrons. The summed E-state index contributed by atoms with van der Waals surface area (Å²) in [5, 5.41) is 0. The Morgan fingerprint density at radius 3 is 2.68 bits per heavy atom. The van der Waals surface area contributed by atoms with Crippen molar-refractivity contribution in [3.05, 3.63) is 53.1 Å². The van der Waals surface area contributed by atoms with Crippen LogP contribution in [0, 0.1) is 19.3 Å². The fourth-order valence-corrected chi connectivity index (χ4v) is 2.84. The van der Waals surface area contributed by atoms with Gasteiger partial charge in [-0.05, 0) is 51.0 Å². The van der Waals surface area contributed by atoms with Crippen molar-refractivity contribution >= 4 is 11.5 Å². The van der Waals surface area contributed by atoms with Crippen LogP contribution in [0.15, 0.2) is 41.4 Å². The van der Waals surface area contributed by atoms with Crippen LogP contribution < -0.4 is 0 Å². The number of aryl methyl sites for hydroxylation is 1. The van der Waals surface area contributed by atoms with Crippen LogP contribution in [-0.2, 0) is 0 Å². The normalized spacial score (nSPS) is 17.6. The number of nitrogens with zero attached hydrogens (tertiary/aromatic N) is 2. The van der Waals surface area contributed by atoms with E-state index in [4.69, 9.17) is 11.4 Å². The molecule has 1 aliphatic heterocycles. The fraction of sp³-hybridized carbons (Fsp3) is 0.350. The van der Waals surface area contributed by atoms with Crippen LogP contribution in [0.3, 0.4) is 0 Å². The van der Waals surface area contributed by atoms with Crippen molar-refractivity contribution in [3.63, 3.8) is 0 Å². The van der Waals surface area contributed by atoms with Gasteiger partial charge in [-0.1, -0.05) is 31.1 Å². The summed E-state index contributed by atoms with van der Waals surface area (Å²) in [4.78, 5) is 7.13. The maximum Gasteiger partial charge on any atom is 0.102 e. The van der Waals surface area contributed by atoms with Crippen molar-refractivity contribution < 1.29 is 0 Å². The number of terminal acetylenes is 1. The first kappa shape index (κ1) is 16.1. The maximum atomic E-state index is 5.47. The van der Waals surface area contributed by atoms with Gasteiger partial charge < -0.3 is 4.90 Å². The average Bonchev–Trinajstić information content (AvgIpc) is 2.48. The Labute approximate surface area is 134 Å². The minimum Gasteiger partial charge on any atom is -0.350 e. The Balaban J connectivity index is 2.39. The molecular weight excluding hydrogens is 268 g/mol. The highest BCUT2D eigenvalue weighted by molar-refractivity contribution is 5.89. The molecule has 2 nitrogen and oxygen atoms in total. The fourth-order valence-electron chi connectivity index (χ4n) is 2.84. The van der Waals surface area contributed by atoms with Crippen LogP contribution in [0.25, 0.3) is 5.70 Å². The number of aliphatic imine (C=N–C) groups is 1. The molecule has 1 aliphatic rings. The number of benzene rings is 1. The molecule has 0 amide bonds. The number of hydrogen-bond donors (Lipinski definition) is 0. The SMILES string of the molecule is C#Cc1ccc(C2=CC(CC)N(CC(=C)C)C(C)=N2)c(C)c1. The summed E-state index contributed by atoms with van der Waals surface area (Å²) < 4.78 is 0. The van der Waals surface area contributed by atoms with E-state index >= 15 is 0 Å². The van der Waals surface area contributed by atoms with Crippen LogP contribution in [0.4, 0.5) is 0 Å². The minimum absolute atomic E-state index is 0.357. The molecule has 2 rings (SSSR count). The Morgan fingerprint density at radius 2 is 2.14 bits per heavy atom. The molecule has 0 aromatic heterocycles. The topological polar surface area (TPSA) is 15.6 Å². The predicted octanol–water partition coefficient (Wildman–Crippen LogP) is 4.41. The molecule has 1 atom stereocenters. The van der Waals surface area contributed by atoms with Gasteiger partial charge in [-0.2, -0.15) is 0 Å². The van der Waals surface area contributed by atoms with Gasteiger partial charge in [0.2, 0.25) is 0 Å². The Hall–Kier alpha value is -2.27. The molecule has 0 spiro atoms. The second-order valence-corrected chi connectivity index (χ2v) is 5.95. The van der Waals surface area contributed by atoms with E-state index < -0.39 is 0 Å². The molecule has 114 valence electrons. The standard InChI is InChI=1S/C20H24N2/c1-7-17-9-10-19(15(5)11-17)20-12-18(8-2)22(13-14(3)4)16(6)21-20/h1,9-12,18H,3,8,13H2,2,4-6H3. The molecular formula is C20H24N2. The van der Waals surface area contributed by atoms with Crippen LogP contribution in [-0.4, -0.2) is 23.3 Å². The van der Waals surface area contributed by atoms with Crippen LogP contribution in [0.2, 0.25) is 0 Å². The summed E-state index contributed by atoms with van der Waals surface area (Å²) in [6, 6.07) is 6.46. The summed E-state index contributed by atoms with van der Waals surface area (Å²) in [6.45, 7) is 13.3. The van der Waals surface area contributed by atoms with E-state index in [0.29, 0.717) is 6.04 Å². The third-order valence-corrected chi connectivity index (χ3v) is 3.98. The smallest absolute Gasteiger partial charge is 0.102 e. The minimum atomic E-state index is 0.357. The third kappa shape index (κ3) is 3.31. The van der Waals surface area contributed by atoms with Gasteiger partial charge >= 0.3 is 0 Å². The first-order valence-corrected chi connectivity index (χ1v) is 7.72. The zero-order valence-electron chi connectivity index (χ0n) is 14.0. The van der Waals surface area contributed by atoms with Gasteiger partial charge in [-0.25, -0.2) is 4.99 Å². The van der Waals surface area contributed by atoms with Gasteiger partial charge in [0.1, 0.15) is 5.84 Å². The summed E-state index contributed by atoms with van der Waals surface area (Å²) in [5.41, 5.74) is 5.44. The Bertz CT molecular complexity index is 686. The van der Waals surface area contributed by atoms with E-state index in [2.05, 4.69) is 57.2 Å². The van der Waals surface area contributed by atoms with Crippen molar-refractivity contribution in [1.82, 2.24) is 4.90 Å². The molecule has 0 N–H and O–H groups in total. The molecule has 0 saturated carbocycles. The lowest BCUT2D eigenvalue weighted by Crippen LogP contribution is -2.40. The van der Waals surface area contributed by atoms with E-state index in [1.54, 1.807) is 0 Å². The van der Waals surface area contributed by atoms with E-state index in [-0.39, 0.29) is 0 Å². The molecule has 1 aromatic rings. The zero-order chi connectivity index (χ0) is 16.3.